The molecule has 1 unspecified atom stereocenters. The minimum atomic E-state index is -1.27. The first-order valence-corrected chi connectivity index (χ1v) is 12.0. The molecule has 2 aliphatic rings. The number of amides is 2. The maximum Gasteiger partial charge on any atom is 0.407 e. The first-order valence-electron chi connectivity index (χ1n) is 12.0. The van der Waals surface area contributed by atoms with E-state index in [1.807, 2.05) is 56.3 Å². The van der Waals surface area contributed by atoms with Crippen LogP contribution in [-0.4, -0.2) is 52.7 Å². The number of nitrogens with one attached hydrogen (secondary N) is 1. The van der Waals surface area contributed by atoms with Crippen molar-refractivity contribution in [2.75, 3.05) is 13.2 Å². The lowest BCUT2D eigenvalue weighted by Gasteiger charge is -2.34. The first-order chi connectivity index (χ1) is 16.7. The predicted molar refractivity (Wildman–Crippen MR) is 133 cm³/mol. The molecule has 1 saturated heterocycles. The lowest BCUT2D eigenvalue weighted by molar-refractivity contribution is -0.156. The fraction of sp³-hybridized carbons (Fsp3) is 0.393. The number of carboxylic acid groups (broad SMARTS) is 1. The van der Waals surface area contributed by atoms with Crippen LogP contribution in [0.2, 0.25) is 0 Å². The second-order valence-corrected chi connectivity index (χ2v) is 9.71. The van der Waals surface area contributed by atoms with Gasteiger partial charge < -0.3 is 20.1 Å². The van der Waals surface area contributed by atoms with Crippen LogP contribution in [0.1, 0.15) is 57.1 Å². The monoisotopic (exact) mass is 476 g/mol. The largest absolute Gasteiger partial charge is 0.480 e. The maximum atomic E-state index is 13.4. The van der Waals surface area contributed by atoms with Crippen molar-refractivity contribution in [1.29, 1.82) is 0 Å². The molecule has 2 N–H and O–H groups in total. The van der Waals surface area contributed by atoms with Crippen molar-refractivity contribution < 1.29 is 24.2 Å². The van der Waals surface area contributed by atoms with E-state index in [1.165, 1.54) is 4.90 Å². The van der Waals surface area contributed by atoms with Crippen LogP contribution < -0.4 is 5.32 Å². The summed E-state index contributed by atoms with van der Waals surface area (Å²) in [5.41, 5.74) is 4.20. The number of carbonyl (C=O) groups is 3. The molecule has 0 radical (unpaired) electrons. The van der Waals surface area contributed by atoms with E-state index < -0.39 is 29.6 Å². The Hall–Kier alpha value is -3.61. The molecular weight excluding hydrogens is 444 g/mol. The van der Waals surface area contributed by atoms with E-state index in [1.54, 1.807) is 6.92 Å². The molecule has 1 fully saturated rings. The van der Waals surface area contributed by atoms with Crippen molar-refractivity contribution in [2.24, 2.45) is 0 Å². The average Bonchev–Trinajstić information content (AvgIpc) is 3.39. The van der Waals surface area contributed by atoms with E-state index in [0.717, 1.165) is 27.8 Å². The van der Waals surface area contributed by atoms with Crippen LogP contribution in [0.3, 0.4) is 0 Å². The zero-order valence-electron chi connectivity index (χ0n) is 20.4. The molecule has 2 aromatic carbocycles. The third kappa shape index (κ3) is 4.81. The van der Waals surface area contributed by atoms with Gasteiger partial charge in [-0.05, 0) is 62.3 Å². The molecule has 1 aliphatic carbocycles. The molecule has 7 heteroatoms. The fourth-order valence-electron chi connectivity index (χ4n) is 5.08. The number of aliphatic carboxylic acids is 1. The SMILES string of the molecule is CC(C)=CCC(NC(=O)OCC1c2ccccc2-c2ccccc21)C(=O)N1CCC[C@]1(C)C(=O)O. The summed E-state index contributed by atoms with van der Waals surface area (Å²) in [6.07, 6.45) is 2.42. The van der Waals surface area contributed by atoms with E-state index >= 15 is 0 Å². The molecule has 7 nitrogen and oxygen atoms in total. The Morgan fingerprint density at radius 1 is 1.11 bits per heavy atom. The van der Waals surface area contributed by atoms with Crippen LogP contribution >= 0.6 is 0 Å². The minimum absolute atomic E-state index is 0.0889. The number of carboxylic acids is 1. The van der Waals surface area contributed by atoms with Crippen molar-refractivity contribution in [3.63, 3.8) is 0 Å². The van der Waals surface area contributed by atoms with Crippen LogP contribution in [0.4, 0.5) is 4.79 Å². The molecule has 35 heavy (non-hydrogen) atoms. The summed E-state index contributed by atoms with van der Waals surface area (Å²) in [4.78, 5) is 39.5. The molecule has 0 saturated carbocycles. The molecule has 0 bridgehead atoms. The summed E-state index contributed by atoms with van der Waals surface area (Å²) in [5.74, 6) is -1.53. The average molecular weight is 477 g/mol. The standard InChI is InChI=1S/C28H32N2O5/c1-18(2)13-14-24(25(31)30-16-8-15-28(30,3)26(32)33)29-27(34)35-17-23-21-11-6-4-9-19(21)20-10-5-7-12-22(20)23/h4-7,9-13,23-24H,8,14-17H2,1-3H3,(H,29,34)(H,32,33)/t24?,28-/m1/s1. The van der Waals surface area contributed by atoms with Crippen LogP contribution in [0.5, 0.6) is 0 Å². The van der Waals surface area contributed by atoms with Gasteiger partial charge in [0.25, 0.3) is 0 Å². The molecule has 2 atom stereocenters. The van der Waals surface area contributed by atoms with Gasteiger partial charge in [-0.3, -0.25) is 4.79 Å². The number of fused-ring (bicyclic) bond motifs is 3. The van der Waals surface area contributed by atoms with E-state index in [4.69, 9.17) is 4.74 Å². The van der Waals surface area contributed by atoms with Gasteiger partial charge in [0, 0.05) is 12.5 Å². The van der Waals surface area contributed by atoms with Crippen LogP contribution in [-0.2, 0) is 14.3 Å². The third-order valence-corrected chi connectivity index (χ3v) is 7.06. The van der Waals surface area contributed by atoms with Crippen molar-refractivity contribution in [2.45, 2.75) is 57.5 Å². The number of rotatable bonds is 7. The van der Waals surface area contributed by atoms with Crippen molar-refractivity contribution >= 4 is 18.0 Å². The quantitative estimate of drug-likeness (QED) is 0.564. The van der Waals surface area contributed by atoms with E-state index in [-0.39, 0.29) is 18.9 Å². The molecule has 1 heterocycles. The number of nitrogens with zero attached hydrogens (tertiary/aromatic N) is 1. The molecular formula is C28H32N2O5. The van der Waals surface area contributed by atoms with Gasteiger partial charge in [-0.25, -0.2) is 9.59 Å². The summed E-state index contributed by atoms with van der Waals surface area (Å²) in [6.45, 7) is 5.86. The normalized spacial score (nSPS) is 19.5. The summed E-state index contributed by atoms with van der Waals surface area (Å²) in [6, 6.07) is 15.3. The molecule has 4 rings (SSSR count). The summed E-state index contributed by atoms with van der Waals surface area (Å²) < 4.78 is 5.63. The Bertz CT molecular complexity index is 1120. The number of ether oxygens (including phenoxy) is 1. The molecule has 184 valence electrons. The number of allylic oxidation sites excluding steroid dienone is 1. The number of alkyl carbamates (subject to hydrolysis) is 1. The lowest BCUT2D eigenvalue weighted by Crippen LogP contribution is -2.57. The second-order valence-electron chi connectivity index (χ2n) is 9.71. The highest BCUT2D eigenvalue weighted by Gasteiger charge is 2.47. The topological polar surface area (TPSA) is 95.9 Å². The van der Waals surface area contributed by atoms with Gasteiger partial charge in [0.2, 0.25) is 5.91 Å². The Morgan fingerprint density at radius 3 is 2.29 bits per heavy atom. The van der Waals surface area contributed by atoms with Gasteiger partial charge in [-0.1, -0.05) is 60.2 Å². The highest BCUT2D eigenvalue weighted by molar-refractivity contribution is 5.92. The zero-order chi connectivity index (χ0) is 25.2. The maximum absolute atomic E-state index is 13.4. The number of hydrogen-bond acceptors (Lipinski definition) is 4. The predicted octanol–water partition coefficient (Wildman–Crippen LogP) is 4.72. The summed E-state index contributed by atoms with van der Waals surface area (Å²) >= 11 is 0. The molecule has 0 spiro atoms. The highest BCUT2D eigenvalue weighted by Crippen LogP contribution is 2.44. The number of likely N-dealkylation sites (tertiary alicyclic amines) is 1. The van der Waals surface area contributed by atoms with Gasteiger partial charge in [0.15, 0.2) is 0 Å². The summed E-state index contributed by atoms with van der Waals surface area (Å²) in [7, 11) is 0. The van der Waals surface area contributed by atoms with Gasteiger partial charge in [0.1, 0.15) is 18.2 Å². The van der Waals surface area contributed by atoms with E-state index in [0.29, 0.717) is 19.4 Å². The van der Waals surface area contributed by atoms with E-state index in [9.17, 15) is 19.5 Å². The van der Waals surface area contributed by atoms with Crippen molar-refractivity contribution in [3.8, 4) is 11.1 Å². The van der Waals surface area contributed by atoms with Crippen LogP contribution in [0.25, 0.3) is 11.1 Å². The van der Waals surface area contributed by atoms with Gasteiger partial charge in [-0.2, -0.15) is 0 Å². The van der Waals surface area contributed by atoms with E-state index in [2.05, 4.69) is 17.4 Å². The number of benzene rings is 2. The Morgan fingerprint density at radius 2 is 1.71 bits per heavy atom. The zero-order valence-corrected chi connectivity index (χ0v) is 20.4. The first kappa shape index (κ1) is 24.5. The Balaban J connectivity index is 1.48. The van der Waals surface area contributed by atoms with Crippen molar-refractivity contribution in [1.82, 2.24) is 10.2 Å². The van der Waals surface area contributed by atoms with Crippen LogP contribution in [0.15, 0.2) is 60.2 Å². The lowest BCUT2D eigenvalue weighted by atomic mass is 9.98. The third-order valence-electron chi connectivity index (χ3n) is 7.06. The van der Waals surface area contributed by atoms with Gasteiger partial charge in [0.05, 0.1) is 0 Å². The fourth-order valence-corrected chi connectivity index (χ4v) is 5.08. The van der Waals surface area contributed by atoms with Gasteiger partial charge >= 0.3 is 12.1 Å². The van der Waals surface area contributed by atoms with Crippen molar-refractivity contribution in [3.05, 3.63) is 71.3 Å². The number of carbonyl (C=O) groups excluding carboxylic acids is 2. The molecule has 2 amide bonds. The Labute approximate surface area is 205 Å². The molecule has 0 aromatic heterocycles. The summed E-state index contributed by atoms with van der Waals surface area (Å²) in [5, 5.41) is 12.4. The van der Waals surface area contributed by atoms with Gasteiger partial charge in [-0.15, -0.1) is 0 Å². The molecule has 2 aromatic rings. The van der Waals surface area contributed by atoms with Crippen LogP contribution in [0, 0.1) is 0 Å². The highest BCUT2D eigenvalue weighted by atomic mass is 16.5. The number of hydrogen-bond donors (Lipinski definition) is 2. The minimum Gasteiger partial charge on any atom is -0.480 e. The Kier molecular flexibility index (Phi) is 6.96. The smallest absolute Gasteiger partial charge is 0.407 e. The molecule has 1 aliphatic heterocycles. The second kappa shape index (κ2) is 9.94.